The van der Waals surface area contributed by atoms with Gasteiger partial charge < -0.3 is 10.1 Å². The molecule has 0 spiro atoms. The quantitative estimate of drug-likeness (QED) is 0.586. The number of ether oxygens (including phenoxy) is 1. The van der Waals surface area contributed by atoms with Gasteiger partial charge in [0.2, 0.25) is 0 Å². The molecular formula is C20H24N2O2S. The zero-order valence-corrected chi connectivity index (χ0v) is 15.7. The molecule has 0 radical (unpaired) electrons. The Kier molecular flexibility index (Phi) is 6.95. The van der Waals surface area contributed by atoms with Crippen molar-refractivity contribution >= 4 is 28.9 Å². The van der Waals surface area contributed by atoms with Crippen LogP contribution in [-0.4, -0.2) is 17.6 Å². The van der Waals surface area contributed by atoms with Crippen LogP contribution in [0.5, 0.6) is 5.75 Å². The summed E-state index contributed by atoms with van der Waals surface area (Å²) in [5.74, 6) is 0.517. The van der Waals surface area contributed by atoms with Crippen molar-refractivity contribution in [3.05, 3.63) is 59.2 Å². The van der Waals surface area contributed by atoms with Crippen LogP contribution in [-0.2, 0) is 0 Å². The SMILES string of the molecule is CCCCOc1ccc(C(=O)NC(=S)Nc2cc(C)cc(C)c2)cc1. The zero-order valence-electron chi connectivity index (χ0n) is 14.9. The topological polar surface area (TPSA) is 50.4 Å². The minimum absolute atomic E-state index is 0.248. The molecule has 0 aromatic heterocycles. The first kappa shape index (κ1) is 18.9. The highest BCUT2D eigenvalue weighted by Crippen LogP contribution is 2.14. The molecule has 2 aromatic rings. The summed E-state index contributed by atoms with van der Waals surface area (Å²) in [6.07, 6.45) is 2.10. The van der Waals surface area contributed by atoms with Crippen LogP contribution in [0.15, 0.2) is 42.5 Å². The molecule has 2 aromatic carbocycles. The maximum Gasteiger partial charge on any atom is 0.257 e. The molecule has 132 valence electrons. The third-order valence-corrected chi connectivity index (χ3v) is 3.79. The number of hydrogen-bond donors (Lipinski definition) is 2. The number of carbonyl (C=O) groups is 1. The van der Waals surface area contributed by atoms with E-state index in [-0.39, 0.29) is 11.0 Å². The highest BCUT2D eigenvalue weighted by Gasteiger charge is 2.08. The van der Waals surface area contributed by atoms with Crippen molar-refractivity contribution in [2.75, 3.05) is 11.9 Å². The van der Waals surface area contributed by atoms with Crippen LogP contribution in [0.25, 0.3) is 0 Å². The van der Waals surface area contributed by atoms with Crippen molar-refractivity contribution in [1.29, 1.82) is 0 Å². The first-order chi connectivity index (χ1) is 12.0. The number of rotatable bonds is 6. The smallest absolute Gasteiger partial charge is 0.257 e. The maximum atomic E-state index is 12.3. The van der Waals surface area contributed by atoms with Gasteiger partial charge in [-0.15, -0.1) is 0 Å². The monoisotopic (exact) mass is 356 g/mol. The van der Waals surface area contributed by atoms with Crippen LogP contribution in [0.1, 0.15) is 41.3 Å². The maximum absolute atomic E-state index is 12.3. The molecule has 0 saturated carbocycles. The summed E-state index contributed by atoms with van der Waals surface area (Å²) in [7, 11) is 0. The number of aryl methyl sites for hydroxylation is 2. The summed E-state index contributed by atoms with van der Waals surface area (Å²) in [6, 6.07) is 13.1. The average Bonchev–Trinajstić information content (AvgIpc) is 2.54. The minimum atomic E-state index is -0.248. The fourth-order valence-electron chi connectivity index (χ4n) is 2.42. The van der Waals surface area contributed by atoms with Crippen molar-refractivity contribution in [3.63, 3.8) is 0 Å². The van der Waals surface area contributed by atoms with Gasteiger partial charge in [0.25, 0.3) is 5.91 Å². The van der Waals surface area contributed by atoms with E-state index in [0.717, 1.165) is 35.4 Å². The molecule has 0 aliphatic heterocycles. The van der Waals surface area contributed by atoms with Crippen molar-refractivity contribution < 1.29 is 9.53 Å². The third-order valence-electron chi connectivity index (χ3n) is 3.59. The predicted octanol–water partition coefficient (Wildman–Crippen LogP) is 4.61. The summed E-state index contributed by atoms with van der Waals surface area (Å²) in [6.45, 7) is 6.84. The van der Waals surface area contributed by atoms with E-state index in [1.54, 1.807) is 24.3 Å². The predicted molar refractivity (Wildman–Crippen MR) is 106 cm³/mol. The van der Waals surface area contributed by atoms with Gasteiger partial charge in [-0.25, -0.2) is 0 Å². The van der Waals surface area contributed by atoms with Crippen LogP contribution < -0.4 is 15.4 Å². The molecule has 0 unspecified atom stereocenters. The summed E-state index contributed by atoms with van der Waals surface area (Å²) < 4.78 is 5.59. The molecule has 0 atom stereocenters. The second-order valence-electron chi connectivity index (χ2n) is 6.01. The van der Waals surface area contributed by atoms with Crippen LogP contribution in [0, 0.1) is 13.8 Å². The van der Waals surface area contributed by atoms with E-state index < -0.39 is 0 Å². The lowest BCUT2D eigenvalue weighted by molar-refractivity contribution is 0.0977. The van der Waals surface area contributed by atoms with Gasteiger partial charge in [0.1, 0.15) is 5.75 Å². The van der Waals surface area contributed by atoms with Gasteiger partial charge >= 0.3 is 0 Å². The molecule has 2 rings (SSSR count). The number of carbonyl (C=O) groups excluding carboxylic acids is 1. The highest BCUT2D eigenvalue weighted by atomic mass is 32.1. The Morgan fingerprint density at radius 3 is 2.32 bits per heavy atom. The summed E-state index contributed by atoms with van der Waals surface area (Å²) in [4.78, 5) is 12.3. The van der Waals surface area contributed by atoms with Gasteiger partial charge in [-0.05, 0) is 80.0 Å². The lowest BCUT2D eigenvalue weighted by atomic mass is 10.1. The largest absolute Gasteiger partial charge is 0.494 e. The number of thiocarbonyl (C=S) groups is 1. The number of unbranched alkanes of at least 4 members (excludes halogenated alkanes) is 1. The molecule has 0 aliphatic carbocycles. The third kappa shape index (κ3) is 6.19. The molecular weight excluding hydrogens is 332 g/mol. The van der Waals surface area contributed by atoms with Crippen LogP contribution in [0.3, 0.4) is 0 Å². The average molecular weight is 356 g/mol. The molecule has 5 heteroatoms. The van der Waals surface area contributed by atoms with E-state index in [1.165, 1.54) is 0 Å². The molecule has 0 bridgehead atoms. The van der Waals surface area contributed by atoms with E-state index >= 15 is 0 Å². The molecule has 1 amide bonds. The molecule has 0 aliphatic rings. The van der Waals surface area contributed by atoms with Crippen molar-refractivity contribution in [2.45, 2.75) is 33.6 Å². The first-order valence-corrected chi connectivity index (χ1v) is 8.82. The fraction of sp³-hybridized carbons (Fsp3) is 0.300. The second kappa shape index (κ2) is 9.18. The van der Waals surface area contributed by atoms with Gasteiger partial charge in [0.05, 0.1) is 6.61 Å². The van der Waals surface area contributed by atoms with Gasteiger partial charge in [0, 0.05) is 11.3 Å². The Labute approximate surface area is 154 Å². The Morgan fingerprint density at radius 1 is 1.08 bits per heavy atom. The van der Waals surface area contributed by atoms with Gasteiger partial charge in [-0.2, -0.15) is 0 Å². The van der Waals surface area contributed by atoms with Gasteiger partial charge in [-0.3, -0.25) is 10.1 Å². The van der Waals surface area contributed by atoms with E-state index in [4.69, 9.17) is 17.0 Å². The van der Waals surface area contributed by atoms with Gasteiger partial charge in [-0.1, -0.05) is 19.4 Å². The Morgan fingerprint density at radius 2 is 1.72 bits per heavy atom. The number of amides is 1. The Balaban J connectivity index is 1.91. The molecule has 2 N–H and O–H groups in total. The second-order valence-corrected chi connectivity index (χ2v) is 6.42. The number of anilines is 1. The molecule has 4 nitrogen and oxygen atoms in total. The highest BCUT2D eigenvalue weighted by molar-refractivity contribution is 7.80. The van der Waals surface area contributed by atoms with Crippen LogP contribution in [0.2, 0.25) is 0 Å². The molecule has 0 heterocycles. The fourth-order valence-corrected chi connectivity index (χ4v) is 2.63. The van der Waals surface area contributed by atoms with Crippen LogP contribution >= 0.6 is 12.2 Å². The van der Waals surface area contributed by atoms with Gasteiger partial charge in [0.15, 0.2) is 5.11 Å². The Hall–Kier alpha value is -2.40. The first-order valence-electron chi connectivity index (χ1n) is 8.41. The van der Waals surface area contributed by atoms with Crippen LogP contribution in [0.4, 0.5) is 5.69 Å². The summed E-state index contributed by atoms with van der Waals surface area (Å²) >= 11 is 5.23. The Bertz CT molecular complexity index is 722. The lowest BCUT2D eigenvalue weighted by Crippen LogP contribution is -2.34. The zero-order chi connectivity index (χ0) is 18.2. The molecule has 0 saturated heterocycles. The lowest BCUT2D eigenvalue weighted by Gasteiger charge is -2.11. The van der Waals surface area contributed by atoms with Crippen molar-refractivity contribution in [2.24, 2.45) is 0 Å². The van der Waals surface area contributed by atoms with Crippen molar-refractivity contribution in [1.82, 2.24) is 5.32 Å². The summed E-state index contributed by atoms with van der Waals surface area (Å²) in [5, 5.41) is 6.02. The minimum Gasteiger partial charge on any atom is -0.494 e. The number of nitrogens with one attached hydrogen (secondary N) is 2. The van der Waals surface area contributed by atoms with Crippen molar-refractivity contribution in [3.8, 4) is 5.75 Å². The number of benzene rings is 2. The molecule has 0 fully saturated rings. The molecule has 25 heavy (non-hydrogen) atoms. The number of hydrogen-bond acceptors (Lipinski definition) is 3. The standard InChI is InChI=1S/C20H24N2O2S/c1-4-5-10-24-18-8-6-16(7-9-18)19(23)22-20(25)21-17-12-14(2)11-15(3)13-17/h6-9,11-13H,4-5,10H2,1-3H3,(H2,21,22,23,25). The normalized spacial score (nSPS) is 10.2. The van der Waals surface area contributed by atoms with E-state index in [1.807, 2.05) is 26.0 Å². The summed E-state index contributed by atoms with van der Waals surface area (Å²) in [5.41, 5.74) is 3.67. The van der Waals surface area contributed by atoms with E-state index in [0.29, 0.717) is 12.2 Å². The van der Waals surface area contributed by atoms with E-state index in [2.05, 4.69) is 23.6 Å². The van der Waals surface area contributed by atoms with E-state index in [9.17, 15) is 4.79 Å².